The molecular formula is C19H19N3O3S. The van der Waals surface area contributed by atoms with Gasteiger partial charge in [0.15, 0.2) is 11.6 Å². The molecular weight excluding hydrogens is 350 g/mol. The average molecular weight is 369 g/mol. The third kappa shape index (κ3) is 5.03. The summed E-state index contributed by atoms with van der Waals surface area (Å²) in [6.45, 7) is 4.19. The number of nitrogens with zero attached hydrogens (tertiary/aromatic N) is 2. The minimum Gasteiger partial charge on any atom is -0.486 e. The first-order valence-corrected chi connectivity index (χ1v) is 8.92. The number of benzene rings is 2. The molecule has 7 heteroatoms. The van der Waals surface area contributed by atoms with E-state index >= 15 is 0 Å². The van der Waals surface area contributed by atoms with Crippen molar-refractivity contribution >= 4 is 22.4 Å². The number of hydrogen-bond donors (Lipinski definition) is 1. The van der Waals surface area contributed by atoms with Gasteiger partial charge in [-0.2, -0.15) is 0 Å². The lowest BCUT2D eigenvalue weighted by Crippen LogP contribution is -2.20. The third-order valence-corrected chi connectivity index (χ3v) is 4.36. The predicted octanol–water partition coefficient (Wildman–Crippen LogP) is 3.75. The molecule has 134 valence electrons. The van der Waals surface area contributed by atoms with E-state index in [2.05, 4.69) is 15.5 Å². The van der Waals surface area contributed by atoms with Crippen molar-refractivity contribution in [2.24, 2.45) is 0 Å². The molecule has 2 aromatic carbocycles. The highest BCUT2D eigenvalue weighted by Gasteiger charge is 2.10. The van der Waals surface area contributed by atoms with Gasteiger partial charge in [0, 0.05) is 0 Å². The van der Waals surface area contributed by atoms with Gasteiger partial charge < -0.3 is 9.47 Å². The summed E-state index contributed by atoms with van der Waals surface area (Å²) in [7, 11) is 0. The second kappa shape index (κ2) is 8.44. The highest BCUT2D eigenvalue weighted by Crippen LogP contribution is 2.20. The molecule has 1 N–H and O–H groups in total. The smallest absolute Gasteiger partial charge is 0.264 e. The fraction of sp³-hybridized carbons (Fsp3) is 0.211. The van der Waals surface area contributed by atoms with Crippen LogP contribution in [0.5, 0.6) is 11.5 Å². The molecule has 1 heterocycles. The number of carbonyl (C=O) groups is 1. The molecule has 3 aromatic rings. The zero-order chi connectivity index (χ0) is 18.4. The van der Waals surface area contributed by atoms with Crippen LogP contribution in [0, 0.1) is 13.8 Å². The fourth-order valence-corrected chi connectivity index (χ4v) is 2.83. The van der Waals surface area contributed by atoms with Crippen LogP contribution in [0.1, 0.15) is 16.1 Å². The SMILES string of the molecule is Cc1ccc(OCC(=O)Nc2nnc(COc3ccccc3C)s2)cc1. The molecule has 26 heavy (non-hydrogen) atoms. The van der Waals surface area contributed by atoms with Gasteiger partial charge in [0.1, 0.15) is 18.1 Å². The largest absolute Gasteiger partial charge is 0.486 e. The van der Waals surface area contributed by atoms with Crippen molar-refractivity contribution in [2.45, 2.75) is 20.5 Å². The minimum absolute atomic E-state index is 0.0856. The molecule has 1 aromatic heterocycles. The molecule has 0 aliphatic heterocycles. The summed E-state index contributed by atoms with van der Waals surface area (Å²) in [5.41, 5.74) is 2.19. The lowest BCUT2D eigenvalue weighted by Gasteiger charge is -2.06. The van der Waals surface area contributed by atoms with E-state index in [1.54, 1.807) is 0 Å². The van der Waals surface area contributed by atoms with Crippen molar-refractivity contribution < 1.29 is 14.3 Å². The quantitative estimate of drug-likeness (QED) is 0.687. The van der Waals surface area contributed by atoms with Crippen LogP contribution in [0.3, 0.4) is 0 Å². The Kier molecular flexibility index (Phi) is 5.80. The van der Waals surface area contributed by atoms with Crippen LogP contribution in [0.2, 0.25) is 0 Å². The van der Waals surface area contributed by atoms with Crippen LogP contribution in [-0.4, -0.2) is 22.7 Å². The summed E-state index contributed by atoms with van der Waals surface area (Å²) < 4.78 is 11.2. The van der Waals surface area contributed by atoms with Crippen molar-refractivity contribution in [3.63, 3.8) is 0 Å². The molecule has 0 saturated carbocycles. The van der Waals surface area contributed by atoms with Gasteiger partial charge in [0.25, 0.3) is 5.91 Å². The second-order valence-corrected chi connectivity index (χ2v) is 6.77. The van der Waals surface area contributed by atoms with Gasteiger partial charge in [0.2, 0.25) is 5.13 Å². The van der Waals surface area contributed by atoms with Gasteiger partial charge in [-0.15, -0.1) is 10.2 Å². The molecule has 0 spiro atoms. The van der Waals surface area contributed by atoms with Crippen molar-refractivity contribution in [2.75, 3.05) is 11.9 Å². The van der Waals surface area contributed by atoms with Crippen molar-refractivity contribution in [3.05, 3.63) is 64.7 Å². The fourth-order valence-electron chi connectivity index (χ4n) is 2.16. The maximum atomic E-state index is 12.0. The van der Waals surface area contributed by atoms with Crippen molar-refractivity contribution in [3.8, 4) is 11.5 Å². The maximum absolute atomic E-state index is 12.0. The lowest BCUT2D eigenvalue weighted by molar-refractivity contribution is -0.118. The van der Waals surface area contributed by atoms with Gasteiger partial charge in [-0.3, -0.25) is 10.1 Å². The highest BCUT2D eigenvalue weighted by atomic mass is 32.1. The molecule has 0 atom stereocenters. The van der Waals surface area contributed by atoms with Gasteiger partial charge in [-0.05, 0) is 37.6 Å². The second-order valence-electron chi connectivity index (χ2n) is 5.71. The predicted molar refractivity (Wildman–Crippen MR) is 101 cm³/mol. The molecule has 3 rings (SSSR count). The van der Waals surface area contributed by atoms with E-state index in [1.807, 2.05) is 62.4 Å². The first kappa shape index (κ1) is 17.9. The highest BCUT2D eigenvalue weighted by molar-refractivity contribution is 7.15. The van der Waals surface area contributed by atoms with Crippen LogP contribution in [-0.2, 0) is 11.4 Å². The number of aromatic nitrogens is 2. The van der Waals surface area contributed by atoms with E-state index in [4.69, 9.17) is 9.47 Å². The van der Waals surface area contributed by atoms with E-state index in [9.17, 15) is 4.79 Å². The number of nitrogens with one attached hydrogen (secondary N) is 1. The van der Waals surface area contributed by atoms with Gasteiger partial charge in [-0.25, -0.2) is 0 Å². The minimum atomic E-state index is -0.284. The number of ether oxygens (including phenoxy) is 2. The Morgan fingerprint density at radius 1 is 1.04 bits per heavy atom. The zero-order valence-electron chi connectivity index (χ0n) is 14.6. The van der Waals surface area contributed by atoms with Gasteiger partial charge in [0.05, 0.1) is 0 Å². The molecule has 1 amide bonds. The summed E-state index contributed by atoms with van der Waals surface area (Å²) in [4.78, 5) is 12.0. The summed E-state index contributed by atoms with van der Waals surface area (Å²) in [6.07, 6.45) is 0. The molecule has 0 bridgehead atoms. The molecule has 6 nitrogen and oxygen atoms in total. The van der Waals surface area contributed by atoms with Crippen LogP contribution in [0.25, 0.3) is 0 Å². The number of carbonyl (C=O) groups excluding carboxylic acids is 1. The van der Waals surface area contributed by atoms with Crippen molar-refractivity contribution in [1.29, 1.82) is 0 Å². The Balaban J connectivity index is 1.47. The Labute approximate surface area is 155 Å². The third-order valence-electron chi connectivity index (χ3n) is 3.55. The molecule has 0 aliphatic carbocycles. The van der Waals surface area contributed by atoms with Crippen molar-refractivity contribution in [1.82, 2.24) is 10.2 Å². The monoisotopic (exact) mass is 369 g/mol. The Morgan fingerprint density at radius 3 is 2.58 bits per heavy atom. The topological polar surface area (TPSA) is 73.3 Å². The molecule has 0 fully saturated rings. The summed E-state index contributed by atoms with van der Waals surface area (Å²) >= 11 is 1.28. The summed E-state index contributed by atoms with van der Waals surface area (Å²) in [6, 6.07) is 15.3. The van der Waals surface area contributed by atoms with E-state index < -0.39 is 0 Å². The molecule has 0 unspecified atom stereocenters. The van der Waals surface area contributed by atoms with Gasteiger partial charge >= 0.3 is 0 Å². The Morgan fingerprint density at radius 2 is 1.81 bits per heavy atom. The number of aryl methyl sites for hydroxylation is 2. The van der Waals surface area contributed by atoms with E-state index in [0.717, 1.165) is 16.9 Å². The first-order valence-electron chi connectivity index (χ1n) is 8.10. The van der Waals surface area contributed by atoms with E-state index in [0.29, 0.717) is 22.5 Å². The molecule has 0 radical (unpaired) electrons. The van der Waals surface area contributed by atoms with Crippen LogP contribution < -0.4 is 14.8 Å². The van der Waals surface area contributed by atoms with E-state index in [1.165, 1.54) is 11.3 Å². The van der Waals surface area contributed by atoms with Crippen LogP contribution in [0.4, 0.5) is 5.13 Å². The zero-order valence-corrected chi connectivity index (χ0v) is 15.4. The standard InChI is InChI=1S/C19H19N3O3S/c1-13-7-9-15(10-8-13)24-11-17(23)20-19-22-21-18(26-19)12-25-16-6-4-3-5-14(16)2/h3-10H,11-12H2,1-2H3,(H,20,22,23). The molecule has 0 aliphatic rings. The van der Waals surface area contributed by atoms with Crippen LogP contribution >= 0.6 is 11.3 Å². The van der Waals surface area contributed by atoms with Crippen LogP contribution in [0.15, 0.2) is 48.5 Å². The van der Waals surface area contributed by atoms with Gasteiger partial charge in [-0.1, -0.05) is 47.2 Å². The Bertz CT molecular complexity index is 878. The Hall–Kier alpha value is -2.93. The first-order chi connectivity index (χ1) is 12.6. The molecule has 0 saturated heterocycles. The number of hydrogen-bond acceptors (Lipinski definition) is 6. The number of rotatable bonds is 7. The lowest BCUT2D eigenvalue weighted by atomic mass is 10.2. The summed E-state index contributed by atoms with van der Waals surface area (Å²) in [5.74, 6) is 1.17. The average Bonchev–Trinajstić information content (AvgIpc) is 3.08. The number of anilines is 1. The maximum Gasteiger partial charge on any atom is 0.264 e. The summed E-state index contributed by atoms with van der Waals surface area (Å²) in [5, 5.41) is 11.8. The van der Waals surface area contributed by atoms with E-state index in [-0.39, 0.29) is 12.5 Å². The normalized spacial score (nSPS) is 10.4. The number of para-hydroxylation sites is 1. The number of amides is 1.